The summed E-state index contributed by atoms with van der Waals surface area (Å²) in [5.74, 6) is 0. The molecule has 24 heavy (non-hydrogen) atoms. The molecule has 3 aromatic rings. The molecule has 0 spiro atoms. The summed E-state index contributed by atoms with van der Waals surface area (Å²) in [4.78, 5) is 2.33. The molecule has 6 heteroatoms. The van der Waals surface area contributed by atoms with Crippen molar-refractivity contribution in [3.05, 3.63) is 59.9 Å². The molecule has 0 atom stereocenters. The summed E-state index contributed by atoms with van der Waals surface area (Å²) in [5.41, 5.74) is 2.50. The van der Waals surface area contributed by atoms with Gasteiger partial charge in [0.25, 0.3) is 0 Å². The van der Waals surface area contributed by atoms with E-state index in [1.54, 1.807) is 11.3 Å². The van der Waals surface area contributed by atoms with Crippen molar-refractivity contribution in [2.45, 2.75) is 25.9 Å². The van der Waals surface area contributed by atoms with Crippen molar-refractivity contribution < 1.29 is 0 Å². The van der Waals surface area contributed by atoms with Crippen LogP contribution in [0.2, 0.25) is 0 Å². The molecule has 5 nitrogen and oxygen atoms in total. The van der Waals surface area contributed by atoms with Gasteiger partial charge < -0.3 is 10.2 Å². The molecule has 1 aliphatic heterocycles. The maximum Gasteiger partial charge on any atom is 0.218 e. The Morgan fingerprint density at radius 3 is 2.54 bits per heavy atom. The molecule has 1 aromatic carbocycles. The Labute approximate surface area is 146 Å². The van der Waals surface area contributed by atoms with Crippen molar-refractivity contribution in [3.8, 4) is 5.13 Å². The Balaban J connectivity index is 1.42. The monoisotopic (exact) mass is 339 g/mol. The van der Waals surface area contributed by atoms with Gasteiger partial charge in [-0.1, -0.05) is 41.7 Å². The van der Waals surface area contributed by atoms with Crippen LogP contribution in [0.3, 0.4) is 0 Å². The van der Waals surface area contributed by atoms with Gasteiger partial charge in [-0.05, 0) is 30.5 Å². The van der Waals surface area contributed by atoms with Crippen LogP contribution in [0, 0.1) is 0 Å². The maximum atomic E-state index is 4.39. The zero-order chi connectivity index (χ0) is 16.2. The topological polar surface area (TPSA) is 46.0 Å². The van der Waals surface area contributed by atoms with E-state index in [2.05, 4.69) is 67.6 Å². The molecular formula is C18H21N5S. The number of hydrogen-bond donors (Lipinski definition) is 1. The predicted molar refractivity (Wildman–Crippen MR) is 97.7 cm³/mol. The average Bonchev–Trinajstić information content (AvgIpc) is 3.36. The number of aromatic nitrogens is 3. The number of hydrogen-bond acceptors (Lipinski definition) is 5. The minimum absolute atomic E-state index is 0.806. The van der Waals surface area contributed by atoms with Gasteiger partial charge in [0.05, 0.1) is 0 Å². The highest BCUT2D eigenvalue weighted by molar-refractivity contribution is 7.17. The van der Waals surface area contributed by atoms with E-state index in [0.29, 0.717) is 0 Å². The van der Waals surface area contributed by atoms with Crippen LogP contribution in [0.4, 0.5) is 5.13 Å². The predicted octanol–water partition coefficient (Wildman–Crippen LogP) is 3.22. The van der Waals surface area contributed by atoms with Crippen molar-refractivity contribution in [3.63, 3.8) is 0 Å². The molecule has 3 heterocycles. The fourth-order valence-electron chi connectivity index (χ4n) is 3.02. The van der Waals surface area contributed by atoms with Gasteiger partial charge in [-0.25, -0.2) is 0 Å². The van der Waals surface area contributed by atoms with E-state index in [1.807, 2.05) is 6.07 Å². The molecule has 4 rings (SSSR count). The number of nitrogens with zero attached hydrogens (tertiary/aromatic N) is 4. The van der Waals surface area contributed by atoms with E-state index in [9.17, 15) is 0 Å². The van der Waals surface area contributed by atoms with Crippen LogP contribution in [-0.4, -0.2) is 27.9 Å². The van der Waals surface area contributed by atoms with Crippen LogP contribution in [-0.2, 0) is 13.1 Å². The van der Waals surface area contributed by atoms with Gasteiger partial charge in [-0.3, -0.25) is 4.57 Å². The SMILES string of the molecule is c1ccc(CNCc2cccn2-c2nnc(N3CCCC3)s2)cc1. The molecule has 1 N–H and O–H groups in total. The molecule has 0 amide bonds. The van der Waals surface area contributed by atoms with E-state index >= 15 is 0 Å². The lowest BCUT2D eigenvalue weighted by Crippen LogP contribution is -2.17. The maximum absolute atomic E-state index is 4.39. The van der Waals surface area contributed by atoms with Crippen molar-refractivity contribution >= 4 is 16.5 Å². The highest BCUT2D eigenvalue weighted by atomic mass is 32.1. The molecule has 0 aliphatic carbocycles. The molecule has 2 aromatic heterocycles. The summed E-state index contributed by atoms with van der Waals surface area (Å²) >= 11 is 1.67. The molecule has 124 valence electrons. The van der Waals surface area contributed by atoms with Crippen LogP contribution >= 0.6 is 11.3 Å². The van der Waals surface area contributed by atoms with Crippen LogP contribution < -0.4 is 10.2 Å². The highest BCUT2D eigenvalue weighted by Gasteiger charge is 2.17. The molecule has 0 radical (unpaired) electrons. The second kappa shape index (κ2) is 7.15. The van der Waals surface area contributed by atoms with E-state index in [4.69, 9.17) is 0 Å². The number of nitrogens with one attached hydrogen (secondary N) is 1. The Kier molecular flexibility index (Phi) is 4.57. The molecule has 1 aliphatic rings. The first-order valence-electron chi connectivity index (χ1n) is 8.40. The van der Waals surface area contributed by atoms with E-state index in [-0.39, 0.29) is 0 Å². The first-order chi connectivity index (χ1) is 11.9. The Bertz CT molecular complexity index is 774. The fraction of sp³-hybridized carbons (Fsp3) is 0.333. The zero-order valence-electron chi connectivity index (χ0n) is 13.6. The lowest BCUT2D eigenvalue weighted by atomic mass is 10.2. The van der Waals surface area contributed by atoms with Crippen LogP contribution in [0.5, 0.6) is 0 Å². The summed E-state index contributed by atoms with van der Waals surface area (Å²) in [6.07, 6.45) is 4.58. The largest absolute Gasteiger partial charge is 0.347 e. The van der Waals surface area contributed by atoms with E-state index in [0.717, 1.165) is 36.4 Å². The summed E-state index contributed by atoms with van der Waals surface area (Å²) in [5, 5.41) is 14.3. The van der Waals surface area contributed by atoms with Crippen molar-refractivity contribution in [1.29, 1.82) is 0 Å². The van der Waals surface area contributed by atoms with Gasteiger partial charge in [0.15, 0.2) is 0 Å². The second-order valence-corrected chi connectivity index (χ2v) is 6.95. The Hall–Kier alpha value is -2.18. The average molecular weight is 339 g/mol. The lowest BCUT2D eigenvalue weighted by Gasteiger charge is -2.11. The quantitative estimate of drug-likeness (QED) is 0.749. The van der Waals surface area contributed by atoms with Crippen LogP contribution in [0.15, 0.2) is 48.7 Å². The third-order valence-corrected chi connectivity index (χ3v) is 5.28. The van der Waals surface area contributed by atoms with Crippen molar-refractivity contribution in [2.75, 3.05) is 18.0 Å². The molecule has 1 saturated heterocycles. The molecule has 0 bridgehead atoms. The number of benzene rings is 1. The number of anilines is 1. The van der Waals surface area contributed by atoms with Gasteiger partial charge in [-0.15, -0.1) is 10.2 Å². The minimum Gasteiger partial charge on any atom is -0.347 e. The third-order valence-electron chi connectivity index (χ3n) is 4.30. The second-order valence-electron chi connectivity index (χ2n) is 6.02. The van der Waals surface area contributed by atoms with Gasteiger partial charge in [0.1, 0.15) is 0 Å². The first-order valence-corrected chi connectivity index (χ1v) is 9.21. The summed E-state index contributed by atoms with van der Waals surface area (Å²) in [7, 11) is 0. The molecular weight excluding hydrogens is 318 g/mol. The first kappa shape index (κ1) is 15.4. The normalized spacial score (nSPS) is 14.4. The third kappa shape index (κ3) is 3.34. The van der Waals surface area contributed by atoms with Gasteiger partial charge >= 0.3 is 0 Å². The standard InChI is InChI=1S/C18H21N5S/c1-2-7-15(8-3-1)13-19-14-16-9-6-12-23(16)18-21-20-17(24-18)22-10-4-5-11-22/h1-3,6-9,12,19H,4-5,10-11,13-14H2. The number of rotatable bonds is 6. The molecule has 0 unspecified atom stereocenters. The summed E-state index contributed by atoms with van der Waals surface area (Å²) in [6, 6.07) is 14.7. The smallest absolute Gasteiger partial charge is 0.218 e. The highest BCUT2D eigenvalue weighted by Crippen LogP contribution is 2.27. The van der Waals surface area contributed by atoms with Crippen molar-refractivity contribution in [1.82, 2.24) is 20.1 Å². The lowest BCUT2D eigenvalue weighted by molar-refractivity contribution is 0.668. The minimum atomic E-state index is 0.806. The molecule has 0 saturated carbocycles. The summed E-state index contributed by atoms with van der Waals surface area (Å²) < 4.78 is 2.13. The zero-order valence-corrected chi connectivity index (χ0v) is 14.4. The van der Waals surface area contributed by atoms with Crippen LogP contribution in [0.25, 0.3) is 5.13 Å². The molecule has 1 fully saturated rings. The van der Waals surface area contributed by atoms with E-state index in [1.165, 1.54) is 24.1 Å². The van der Waals surface area contributed by atoms with Crippen LogP contribution in [0.1, 0.15) is 24.1 Å². The van der Waals surface area contributed by atoms with Gasteiger partial charge in [0, 0.05) is 38.1 Å². The van der Waals surface area contributed by atoms with Gasteiger partial charge in [0.2, 0.25) is 10.3 Å². The van der Waals surface area contributed by atoms with E-state index < -0.39 is 0 Å². The summed E-state index contributed by atoms with van der Waals surface area (Å²) in [6.45, 7) is 3.87. The fourth-order valence-corrected chi connectivity index (χ4v) is 3.93. The Morgan fingerprint density at radius 2 is 1.71 bits per heavy atom. The van der Waals surface area contributed by atoms with Gasteiger partial charge in [-0.2, -0.15) is 0 Å². The van der Waals surface area contributed by atoms with Crippen molar-refractivity contribution in [2.24, 2.45) is 0 Å². The Morgan fingerprint density at radius 1 is 0.917 bits per heavy atom.